The summed E-state index contributed by atoms with van der Waals surface area (Å²) in [6.07, 6.45) is 9.04. The molecule has 1 N–H and O–H groups in total. The van der Waals surface area contributed by atoms with Crippen LogP contribution in [0.25, 0.3) is 0 Å². The largest absolute Gasteiger partial charge is 0.300 e. The topological polar surface area (TPSA) is 29.9 Å². The minimum Gasteiger partial charge on any atom is -0.300 e. The minimum absolute atomic E-state index is 0.229. The second kappa shape index (κ2) is 4.11. The summed E-state index contributed by atoms with van der Waals surface area (Å²) in [5.41, 5.74) is -0.229. The maximum atomic E-state index is 5.33. The normalized spacial score (nSPS) is 11.2. The lowest BCUT2D eigenvalue weighted by Crippen LogP contribution is -2.39. The molecule has 0 spiro atoms. The van der Waals surface area contributed by atoms with Crippen LogP contribution in [0.5, 0.6) is 0 Å². The second-order valence-electron chi connectivity index (χ2n) is 3.47. The third-order valence-electron chi connectivity index (χ3n) is 1.83. The highest BCUT2D eigenvalue weighted by Crippen LogP contribution is 1.97. The van der Waals surface area contributed by atoms with Crippen molar-refractivity contribution in [2.45, 2.75) is 25.9 Å². The Hall–Kier alpha value is -1.27. The highest BCUT2D eigenvalue weighted by molar-refractivity contribution is 5.07. The number of rotatable bonds is 4. The Labute approximate surface area is 79.1 Å². The summed E-state index contributed by atoms with van der Waals surface area (Å²) >= 11 is 0. The molecule has 1 rings (SSSR count). The molecule has 0 amide bonds. The van der Waals surface area contributed by atoms with Gasteiger partial charge in [-0.05, 0) is 19.9 Å². The molecule has 0 aliphatic rings. The van der Waals surface area contributed by atoms with Crippen molar-refractivity contribution < 1.29 is 0 Å². The number of terminal acetylenes is 1. The fourth-order valence-electron chi connectivity index (χ4n) is 0.967. The summed E-state index contributed by atoms with van der Waals surface area (Å²) in [4.78, 5) is 0. The Balaban J connectivity index is 2.26. The van der Waals surface area contributed by atoms with Gasteiger partial charge < -0.3 is 0 Å². The first kappa shape index (κ1) is 9.82. The van der Waals surface area contributed by atoms with Crippen molar-refractivity contribution >= 4 is 0 Å². The summed E-state index contributed by atoms with van der Waals surface area (Å²) in [5.74, 6) is 2.68. The molecule has 70 valence electrons. The molecule has 0 saturated heterocycles. The number of hydrogen-bond acceptors (Lipinski definition) is 2. The van der Waals surface area contributed by atoms with E-state index in [-0.39, 0.29) is 5.54 Å². The van der Waals surface area contributed by atoms with E-state index in [1.807, 2.05) is 30.8 Å². The molecule has 1 aromatic heterocycles. The summed E-state index contributed by atoms with van der Waals surface area (Å²) < 4.78 is 1.87. The summed E-state index contributed by atoms with van der Waals surface area (Å²) in [5, 5.41) is 7.34. The van der Waals surface area contributed by atoms with Crippen LogP contribution in [0.1, 0.15) is 13.8 Å². The zero-order valence-corrected chi connectivity index (χ0v) is 8.12. The van der Waals surface area contributed by atoms with Crippen molar-refractivity contribution in [3.63, 3.8) is 0 Å². The van der Waals surface area contributed by atoms with Gasteiger partial charge in [-0.15, -0.1) is 6.42 Å². The molecule has 0 unspecified atom stereocenters. The van der Waals surface area contributed by atoms with E-state index in [2.05, 4.69) is 16.3 Å². The van der Waals surface area contributed by atoms with Crippen molar-refractivity contribution in [2.75, 3.05) is 6.54 Å². The van der Waals surface area contributed by atoms with Gasteiger partial charge in [0.05, 0.1) is 12.1 Å². The molecule has 0 radical (unpaired) electrons. The lowest BCUT2D eigenvalue weighted by atomic mass is 10.1. The molecule has 13 heavy (non-hydrogen) atoms. The van der Waals surface area contributed by atoms with Gasteiger partial charge in [0.1, 0.15) is 0 Å². The van der Waals surface area contributed by atoms with E-state index in [0.717, 1.165) is 13.1 Å². The van der Waals surface area contributed by atoms with E-state index in [4.69, 9.17) is 6.42 Å². The molecule has 0 fully saturated rings. The van der Waals surface area contributed by atoms with Crippen LogP contribution in [0.2, 0.25) is 0 Å². The van der Waals surface area contributed by atoms with Crippen LogP contribution in [0, 0.1) is 12.3 Å². The third kappa shape index (κ3) is 3.30. The Kier molecular flexibility index (Phi) is 3.10. The van der Waals surface area contributed by atoms with E-state index < -0.39 is 0 Å². The maximum Gasteiger partial charge on any atom is 0.0741 e. The fraction of sp³-hybridized carbons (Fsp3) is 0.500. The van der Waals surface area contributed by atoms with Gasteiger partial charge >= 0.3 is 0 Å². The van der Waals surface area contributed by atoms with Crippen LogP contribution >= 0.6 is 0 Å². The minimum atomic E-state index is -0.229. The number of aromatic nitrogens is 2. The van der Waals surface area contributed by atoms with Crippen LogP contribution < -0.4 is 5.32 Å². The van der Waals surface area contributed by atoms with Crippen molar-refractivity contribution in [1.82, 2.24) is 15.1 Å². The second-order valence-corrected chi connectivity index (χ2v) is 3.47. The number of nitrogens with one attached hydrogen (secondary N) is 1. The quantitative estimate of drug-likeness (QED) is 0.692. The molecule has 3 heteroatoms. The first-order valence-corrected chi connectivity index (χ1v) is 4.34. The zero-order valence-electron chi connectivity index (χ0n) is 8.12. The average molecular weight is 177 g/mol. The van der Waals surface area contributed by atoms with Gasteiger partial charge in [0.2, 0.25) is 0 Å². The Bertz CT molecular complexity index is 280. The molecule has 0 bridgehead atoms. The third-order valence-corrected chi connectivity index (χ3v) is 1.83. The zero-order chi connectivity index (χ0) is 9.73. The monoisotopic (exact) mass is 177 g/mol. The molecule has 0 aliphatic carbocycles. The predicted octanol–water partition coefficient (Wildman–Crippen LogP) is 0.884. The van der Waals surface area contributed by atoms with Gasteiger partial charge in [0, 0.05) is 18.9 Å². The van der Waals surface area contributed by atoms with Gasteiger partial charge in [-0.3, -0.25) is 10.00 Å². The lowest BCUT2D eigenvalue weighted by Gasteiger charge is -2.19. The van der Waals surface area contributed by atoms with E-state index >= 15 is 0 Å². The Morgan fingerprint density at radius 1 is 1.62 bits per heavy atom. The van der Waals surface area contributed by atoms with Crippen LogP contribution in [0.4, 0.5) is 0 Å². The van der Waals surface area contributed by atoms with Crippen LogP contribution in [-0.2, 0) is 6.54 Å². The van der Waals surface area contributed by atoms with Crippen molar-refractivity contribution in [3.05, 3.63) is 18.5 Å². The lowest BCUT2D eigenvalue weighted by molar-refractivity contribution is 0.456. The van der Waals surface area contributed by atoms with Crippen molar-refractivity contribution in [2.24, 2.45) is 0 Å². The number of hydrogen-bond donors (Lipinski definition) is 1. The molecule has 1 aromatic rings. The van der Waals surface area contributed by atoms with Crippen molar-refractivity contribution in [1.29, 1.82) is 0 Å². The summed E-state index contributed by atoms with van der Waals surface area (Å²) in [6, 6.07) is 1.91. The summed E-state index contributed by atoms with van der Waals surface area (Å²) in [6.45, 7) is 5.64. The van der Waals surface area contributed by atoms with Gasteiger partial charge in [0.25, 0.3) is 0 Å². The van der Waals surface area contributed by atoms with Crippen molar-refractivity contribution in [3.8, 4) is 12.3 Å². The molecule has 0 aliphatic heterocycles. The molecular weight excluding hydrogens is 162 g/mol. The van der Waals surface area contributed by atoms with Gasteiger partial charge in [-0.1, -0.05) is 5.92 Å². The van der Waals surface area contributed by atoms with E-state index in [0.29, 0.717) is 0 Å². The molecule has 0 saturated carbocycles. The maximum absolute atomic E-state index is 5.33. The molecule has 0 atom stereocenters. The van der Waals surface area contributed by atoms with Gasteiger partial charge in [0.15, 0.2) is 0 Å². The van der Waals surface area contributed by atoms with Gasteiger partial charge in [-0.2, -0.15) is 5.10 Å². The first-order valence-electron chi connectivity index (χ1n) is 4.34. The average Bonchev–Trinajstić information content (AvgIpc) is 2.57. The van der Waals surface area contributed by atoms with E-state index in [9.17, 15) is 0 Å². The Morgan fingerprint density at radius 3 is 2.92 bits per heavy atom. The van der Waals surface area contributed by atoms with E-state index in [1.54, 1.807) is 6.20 Å². The standard InChI is InChI=1S/C10H15N3/c1-4-10(2,3)11-7-9-13-8-5-6-12-13/h1,5-6,8,11H,7,9H2,2-3H3. The predicted molar refractivity (Wildman–Crippen MR) is 53.1 cm³/mol. The highest BCUT2D eigenvalue weighted by Gasteiger charge is 2.11. The Morgan fingerprint density at radius 2 is 2.38 bits per heavy atom. The number of nitrogens with zero attached hydrogens (tertiary/aromatic N) is 2. The molecule has 0 aromatic carbocycles. The molecule has 3 nitrogen and oxygen atoms in total. The van der Waals surface area contributed by atoms with E-state index in [1.165, 1.54) is 0 Å². The SMILES string of the molecule is C#CC(C)(C)NCCn1cccn1. The molecule has 1 heterocycles. The van der Waals surface area contributed by atoms with Crippen LogP contribution in [0.15, 0.2) is 18.5 Å². The van der Waals surface area contributed by atoms with Gasteiger partial charge in [-0.25, -0.2) is 0 Å². The molecular formula is C10H15N3. The summed E-state index contributed by atoms with van der Waals surface area (Å²) in [7, 11) is 0. The smallest absolute Gasteiger partial charge is 0.0741 e. The first-order chi connectivity index (χ1) is 6.14. The van der Waals surface area contributed by atoms with Crippen LogP contribution in [-0.4, -0.2) is 21.9 Å². The highest BCUT2D eigenvalue weighted by atomic mass is 15.3. The van der Waals surface area contributed by atoms with Crippen LogP contribution in [0.3, 0.4) is 0 Å². The fourth-order valence-corrected chi connectivity index (χ4v) is 0.967.